The largest absolute Gasteiger partial charge is 0.353 e. The van der Waals surface area contributed by atoms with E-state index in [1.165, 1.54) is 12.1 Å². The Morgan fingerprint density at radius 1 is 1.40 bits per heavy atom. The van der Waals surface area contributed by atoms with Crippen LogP contribution in [0.25, 0.3) is 0 Å². The van der Waals surface area contributed by atoms with Crippen LogP contribution < -0.4 is 10.6 Å². The molecule has 1 fully saturated rings. The van der Waals surface area contributed by atoms with E-state index in [1.807, 2.05) is 0 Å². The van der Waals surface area contributed by atoms with E-state index >= 15 is 0 Å². The van der Waals surface area contributed by atoms with Gasteiger partial charge in [-0.3, -0.25) is 4.79 Å². The SMILES string of the molecule is O=C1NCCNC1c1ccc(Cl)cc1F. The fourth-order valence-corrected chi connectivity index (χ4v) is 1.74. The van der Waals surface area contributed by atoms with E-state index in [9.17, 15) is 9.18 Å². The molecule has 1 saturated heterocycles. The monoisotopic (exact) mass is 228 g/mol. The van der Waals surface area contributed by atoms with Gasteiger partial charge in [-0.2, -0.15) is 0 Å². The Labute approximate surface area is 91.6 Å². The van der Waals surface area contributed by atoms with Gasteiger partial charge in [-0.05, 0) is 12.1 Å². The molecule has 1 aliphatic rings. The van der Waals surface area contributed by atoms with Gasteiger partial charge in [0.15, 0.2) is 0 Å². The lowest BCUT2D eigenvalue weighted by Crippen LogP contribution is -2.47. The number of benzene rings is 1. The molecule has 2 rings (SSSR count). The fourth-order valence-electron chi connectivity index (χ4n) is 1.58. The summed E-state index contributed by atoms with van der Waals surface area (Å²) in [6.45, 7) is 1.21. The quantitative estimate of drug-likeness (QED) is 0.760. The molecule has 1 atom stereocenters. The third kappa shape index (κ3) is 2.11. The van der Waals surface area contributed by atoms with Crippen molar-refractivity contribution in [1.82, 2.24) is 10.6 Å². The molecule has 2 N–H and O–H groups in total. The average Bonchev–Trinajstić information content (AvgIpc) is 2.20. The molecule has 1 amide bonds. The zero-order chi connectivity index (χ0) is 10.8. The summed E-state index contributed by atoms with van der Waals surface area (Å²) in [5.41, 5.74) is 0.330. The predicted octanol–water partition coefficient (Wildman–Crippen LogP) is 1.24. The third-order valence-corrected chi connectivity index (χ3v) is 2.54. The Balaban J connectivity index is 2.31. The summed E-state index contributed by atoms with van der Waals surface area (Å²) in [4.78, 5) is 11.5. The Kier molecular flexibility index (Phi) is 2.88. The zero-order valence-electron chi connectivity index (χ0n) is 7.89. The van der Waals surface area contributed by atoms with Crippen molar-refractivity contribution in [3.63, 3.8) is 0 Å². The number of amides is 1. The van der Waals surface area contributed by atoms with Crippen molar-refractivity contribution in [3.05, 3.63) is 34.6 Å². The molecule has 0 saturated carbocycles. The summed E-state index contributed by atoms with van der Waals surface area (Å²) in [5, 5.41) is 5.95. The smallest absolute Gasteiger partial charge is 0.241 e. The Bertz CT molecular complexity index is 397. The van der Waals surface area contributed by atoms with Gasteiger partial charge in [-0.25, -0.2) is 4.39 Å². The van der Waals surface area contributed by atoms with Crippen LogP contribution in [-0.4, -0.2) is 19.0 Å². The highest BCUT2D eigenvalue weighted by molar-refractivity contribution is 6.30. The molecule has 0 spiro atoms. The first-order chi connectivity index (χ1) is 7.18. The Morgan fingerprint density at radius 3 is 2.87 bits per heavy atom. The van der Waals surface area contributed by atoms with Gasteiger partial charge in [0.05, 0.1) is 0 Å². The van der Waals surface area contributed by atoms with Crippen LogP contribution in [0.2, 0.25) is 5.02 Å². The molecule has 1 aromatic carbocycles. The molecule has 3 nitrogen and oxygen atoms in total. The van der Waals surface area contributed by atoms with Crippen LogP contribution in [0.15, 0.2) is 18.2 Å². The number of carbonyl (C=O) groups excluding carboxylic acids is 1. The van der Waals surface area contributed by atoms with Crippen molar-refractivity contribution >= 4 is 17.5 Å². The van der Waals surface area contributed by atoms with Crippen LogP contribution in [0.4, 0.5) is 4.39 Å². The zero-order valence-corrected chi connectivity index (χ0v) is 8.64. The van der Waals surface area contributed by atoms with Crippen molar-refractivity contribution in [2.45, 2.75) is 6.04 Å². The normalized spacial score (nSPS) is 21.2. The minimum atomic E-state index is -0.615. The number of nitrogens with one attached hydrogen (secondary N) is 2. The van der Waals surface area contributed by atoms with Gasteiger partial charge in [0.2, 0.25) is 5.91 Å². The molecule has 1 aliphatic heterocycles. The molecule has 0 aliphatic carbocycles. The van der Waals surface area contributed by atoms with Crippen LogP contribution in [0.5, 0.6) is 0 Å². The van der Waals surface area contributed by atoms with Gasteiger partial charge in [0.25, 0.3) is 0 Å². The molecular weight excluding hydrogens is 219 g/mol. The summed E-state index contributed by atoms with van der Waals surface area (Å²) < 4.78 is 13.5. The summed E-state index contributed by atoms with van der Waals surface area (Å²) in [5.74, 6) is -0.667. The van der Waals surface area contributed by atoms with Crippen LogP contribution in [0, 0.1) is 5.82 Å². The third-order valence-electron chi connectivity index (χ3n) is 2.31. The van der Waals surface area contributed by atoms with Crippen molar-refractivity contribution in [2.24, 2.45) is 0 Å². The van der Waals surface area contributed by atoms with E-state index in [4.69, 9.17) is 11.6 Å². The van der Waals surface area contributed by atoms with Crippen LogP contribution in [0.1, 0.15) is 11.6 Å². The molecule has 5 heteroatoms. The molecule has 1 heterocycles. The topological polar surface area (TPSA) is 41.1 Å². The number of halogens is 2. The lowest BCUT2D eigenvalue weighted by atomic mass is 10.0. The first-order valence-electron chi connectivity index (χ1n) is 4.64. The molecule has 80 valence electrons. The van der Waals surface area contributed by atoms with Crippen molar-refractivity contribution < 1.29 is 9.18 Å². The Hall–Kier alpha value is -1.13. The van der Waals surface area contributed by atoms with Gasteiger partial charge >= 0.3 is 0 Å². The second-order valence-electron chi connectivity index (χ2n) is 3.34. The van der Waals surface area contributed by atoms with E-state index in [1.54, 1.807) is 6.07 Å². The van der Waals surface area contributed by atoms with Crippen LogP contribution in [0.3, 0.4) is 0 Å². The van der Waals surface area contributed by atoms with Crippen LogP contribution in [-0.2, 0) is 4.79 Å². The second-order valence-corrected chi connectivity index (χ2v) is 3.78. The van der Waals surface area contributed by atoms with E-state index in [0.717, 1.165) is 0 Å². The standard InChI is InChI=1S/C10H10ClFN2O/c11-6-1-2-7(8(12)5-6)9-10(15)14-4-3-13-9/h1-2,5,9,13H,3-4H2,(H,14,15). The lowest BCUT2D eigenvalue weighted by Gasteiger charge is -2.24. The van der Waals surface area contributed by atoms with Gasteiger partial charge in [-0.1, -0.05) is 17.7 Å². The maximum atomic E-state index is 13.5. The molecule has 0 radical (unpaired) electrons. The Morgan fingerprint density at radius 2 is 2.20 bits per heavy atom. The van der Waals surface area contributed by atoms with E-state index in [0.29, 0.717) is 23.7 Å². The summed E-state index contributed by atoms with van der Waals surface area (Å²) >= 11 is 5.63. The number of hydrogen-bond donors (Lipinski definition) is 2. The van der Waals surface area contributed by atoms with Crippen molar-refractivity contribution in [1.29, 1.82) is 0 Å². The second kappa shape index (κ2) is 4.16. The van der Waals surface area contributed by atoms with Gasteiger partial charge in [-0.15, -0.1) is 0 Å². The van der Waals surface area contributed by atoms with E-state index in [2.05, 4.69) is 10.6 Å². The number of carbonyl (C=O) groups is 1. The molecule has 0 bridgehead atoms. The van der Waals surface area contributed by atoms with Gasteiger partial charge < -0.3 is 10.6 Å². The summed E-state index contributed by atoms with van der Waals surface area (Å²) in [6, 6.07) is 3.69. The molecule has 0 aromatic heterocycles. The van der Waals surface area contributed by atoms with Gasteiger partial charge in [0.1, 0.15) is 11.9 Å². The highest BCUT2D eigenvalue weighted by atomic mass is 35.5. The molecule has 15 heavy (non-hydrogen) atoms. The van der Waals surface area contributed by atoms with Crippen molar-refractivity contribution in [2.75, 3.05) is 13.1 Å². The number of piperazine rings is 1. The molecule has 1 aromatic rings. The highest BCUT2D eigenvalue weighted by Gasteiger charge is 2.25. The first kappa shape index (κ1) is 10.4. The van der Waals surface area contributed by atoms with E-state index in [-0.39, 0.29) is 5.91 Å². The first-order valence-corrected chi connectivity index (χ1v) is 5.02. The maximum absolute atomic E-state index is 13.5. The number of rotatable bonds is 1. The number of hydrogen-bond acceptors (Lipinski definition) is 2. The van der Waals surface area contributed by atoms with E-state index < -0.39 is 11.9 Å². The molecular formula is C10H10ClFN2O. The fraction of sp³-hybridized carbons (Fsp3) is 0.300. The highest BCUT2D eigenvalue weighted by Crippen LogP contribution is 2.21. The summed E-state index contributed by atoms with van der Waals surface area (Å²) in [6.07, 6.45) is 0. The van der Waals surface area contributed by atoms with Crippen LogP contribution >= 0.6 is 11.6 Å². The van der Waals surface area contributed by atoms with Crippen molar-refractivity contribution in [3.8, 4) is 0 Å². The minimum Gasteiger partial charge on any atom is -0.353 e. The molecule has 1 unspecified atom stereocenters. The van der Waals surface area contributed by atoms with Gasteiger partial charge in [0, 0.05) is 23.7 Å². The predicted molar refractivity (Wildman–Crippen MR) is 55.2 cm³/mol. The maximum Gasteiger partial charge on any atom is 0.241 e. The minimum absolute atomic E-state index is 0.206. The summed E-state index contributed by atoms with van der Waals surface area (Å²) in [7, 11) is 0. The average molecular weight is 229 g/mol. The lowest BCUT2D eigenvalue weighted by molar-refractivity contribution is -0.124.